The van der Waals surface area contributed by atoms with Gasteiger partial charge in [-0.05, 0) is 18.2 Å². The Hall–Kier alpha value is -2.06. The number of hydrogen-bond acceptors (Lipinski definition) is 8. The molecule has 2 rings (SSSR count). The number of ether oxygens (including phenoxy) is 2. The molecule has 0 N–H and O–H groups in total. The maximum atomic E-state index is 13.3. The van der Waals surface area contributed by atoms with Crippen LogP contribution in [0.25, 0.3) is 0 Å². The average molecular weight is 478 g/mol. The Morgan fingerprint density at radius 3 is 1.90 bits per heavy atom. The van der Waals surface area contributed by atoms with Crippen LogP contribution in [0.15, 0.2) is 23.1 Å². The van der Waals surface area contributed by atoms with Gasteiger partial charge in [-0.1, -0.05) is 13.8 Å². The van der Waals surface area contributed by atoms with Gasteiger partial charge in [0.2, 0.25) is 10.0 Å². The summed E-state index contributed by atoms with van der Waals surface area (Å²) in [6.45, 7) is 3.78. The van der Waals surface area contributed by atoms with Gasteiger partial charge in [-0.3, -0.25) is 0 Å². The number of nitrogens with zero attached hydrogens (tertiary/aromatic N) is 3. The van der Waals surface area contributed by atoms with E-state index < -0.39 is 37.1 Å². The van der Waals surface area contributed by atoms with Gasteiger partial charge in [-0.2, -0.15) is 21.3 Å². The lowest BCUT2D eigenvalue weighted by molar-refractivity contribution is 0.0583. The van der Waals surface area contributed by atoms with Crippen molar-refractivity contribution in [1.29, 1.82) is 0 Å². The van der Waals surface area contributed by atoms with Crippen molar-refractivity contribution in [2.45, 2.75) is 18.7 Å². The lowest BCUT2D eigenvalue weighted by atomic mass is 10.1. The summed E-state index contributed by atoms with van der Waals surface area (Å²) in [6, 6.07) is 3.52. The molecule has 1 fully saturated rings. The first-order valence-corrected chi connectivity index (χ1v) is 12.4. The zero-order valence-electron chi connectivity index (χ0n) is 17.9. The number of piperazine rings is 1. The lowest BCUT2D eigenvalue weighted by Crippen LogP contribution is -2.54. The Labute approximate surface area is 182 Å². The summed E-state index contributed by atoms with van der Waals surface area (Å²) in [5.74, 6) is -1.64. The Morgan fingerprint density at radius 2 is 1.42 bits per heavy atom. The maximum Gasteiger partial charge on any atom is 0.339 e. The van der Waals surface area contributed by atoms with Crippen LogP contribution in [0.3, 0.4) is 0 Å². The number of benzene rings is 1. The zero-order valence-corrected chi connectivity index (χ0v) is 19.5. The highest BCUT2D eigenvalue weighted by Gasteiger charge is 2.37. The van der Waals surface area contributed by atoms with E-state index in [0.29, 0.717) is 13.1 Å². The fraction of sp³-hybridized carbons (Fsp3) is 0.556. The molecule has 11 nitrogen and oxygen atoms in total. The van der Waals surface area contributed by atoms with Crippen LogP contribution in [0.5, 0.6) is 0 Å². The Kier molecular flexibility index (Phi) is 8.16. The zero-order chi connectivity index (χ0) is 23.4. The molecule has 1 aliphatic rings. The summed E-state index contributed by atoms with van der Waals surface area (Å²) in [5, 5.41) is 0. The second-order valence-electron chi connectivity index (χ2n) is 6.59. The molecular formula is C18H27N3O8S2. The van der Waals surface area contributed by atoms with E-state index in [-0.39, 0.29) is 37.3 Å². The van der Waals surface area contributed by atoms with Crippen molar-refractivity contribution in [2.75, 3.05) is 53.5 Å². The monoisotopic (exact) mass is 477 g/mol. The van der Waals surface area contributed by atoms with Gasteiger partial charge >= 0.3 is 11.9 Å². The average Bonchev–Trinajstić information content (AvgIpc) is 2.78. The van der Waals surface area contributed by atoms with Gasteiger partial charge in [0.1, 0.15) is 0 Å². The van der Waals surface area contributed by atoms with E-state index >= 15 is 0 Å². The minimum atomic E-state index is -4.22. The molecule has 1 heterocycles. The predicted octanol–water partition coefficient (Wildman–Crippen LogP) is 0.153. The molecule has 0 spiro atoms. The first kappa shape index (κ1) is 25.2. The smallest absolute Gasteiger partial charge is 0.339 e. The minimum Gasteiger partial charge on any atom is -0.465 e. The third-order valence-electron chi connectivity index (χ3n) is 4.98. The van der Waals surface area contributed by atoms with Crippen LogP contribution in [0.2, 0.25) is 0 Å². The highest BCUT2D eigenvalue weighted by atomic mass is 32.2. The summed E-state index contributed by atoms with van der Waals surface area (Å²) in [7, 11) is -5.65. The maximum absolute atomic E-state index is 13.3. The SMILES string of the molecule is CCN(CC)S(=O)(=O)N1CCN(S(=O)(=O)c2cc(C(=O)OC)ccc2C(=O)OC)CC1. The number of esters is 2. The largest absolute Gasteiger partial charge is 0.465 e. The van der Waals surface area contributed by atoms with Crippen LogP contribution < -0.4 is 0 Å². The molecule has 0 amide bonds. The molecule has 0 bridgehead atoms. The van der Waals surface area contributed by atoms with Crippen LogP contribution in [-0.2, 0) is 29.7 Å². The molecule has 0 atom stereocenters. The summed E-state index contributed by atoms with van der Waals surface area (Å²) >= 11 is 0. The van der Waals surface area contributed by atoms with Crippen molar-refractivity contribution in [1.82, 2.24) is 12.9 Å². The van der Waals surface area contributed by atoms with Crippen molar-refractivity contribution in [3.8, 4) is 0 Å². The molecule has 1 aromatic carbocycles. The summed E-state index contributed by atoms with van der Waals surface area (Å²) in [6.07, 6.45) is 0. The molecule has 0 aromatic heterocycles. The van der Waals surface area contributed by atoms with Crippen molar-refractivity contribution in [3.63, 3.8) is 0 Å². The van der Waals surface area contributed by atoms with Crippen molar-refractivity contribution in [3.05, 3.63) is 29.3 Å². The van der Waals surface area contributed by atoms with Crippen LogP contribution in [-0.4, -0.2) is 95.2 Å². The Balaban J connectivity index is 2.36. The van der Waals surface area contributed by atoms with Crippen LogP contribution in [0.4, 0.5) is 0 Å². The molecular weight excluding hydrogens is 450 g/mol. The number of methoxy groups -OCH3 is 2. The topological polar surface area (TPSA) is 131 Å². The Morgan fingerprint density at radius 1 is 0.903 bits per heavy atom. The van der Waals surface area contributed by atoms with E-state index in [0.717, 1.165) is 24.6 Å². The summed E-state index contributed by atoms with van der Waals surface area (Å²) < 4.78 is 64.8. The van der Waals surface area contributed by atoms with Crippen molar-refractivity contribution in [2.24, 2.45) is 0 Å². The predicted molar refractivity (Wildman–Crippen MR) is 111 cm³/mol. The first-order chi connectivity index (χ1) is 14.5. The molecule has 0 saturated carbocycles. The van der Waals surface area contributed by atoms with Gasteiger partial charge in [0.15, 0.2) is 0 Å². The number of rotatable bonds is 8. The lowest BCUT2D eigenvalue weighted by Gasteiger charge is -2.35. The van der Waals surface area contributed by atoms with E-state index in [4.69, 9.17) is 0 Å². The van der Waals surface area contributed by atoms with E-state index in [1.54, 1.807) is 13.8 Å². The van der Waals surface area contributed by atoms with E-state index in [1.807, 2.05) is 0 Å². The molecule has 13 heteroatoms. The third kappa shape index (κ3) is 5.06. The molecule has 1 aliphatic heterocycles. The Bertz CT molecular complexity index is 1030. The van der Waals surface area contributed by atoms with Crippen LogP contribution >= 0.6 is 0 Å². The fourth-order valence-corrected chi connectivity index (χ4v) is 6.48. The van der Waals surface area contributed by atoms with E-state index in [2.05, 4.69) is 9.47 Å². The normalized spacial score (nSPS) is 16.3. The van der Waals surface area contributed by atoms with Gasteiger partial charge < -0.3 is 9.47 Å². The summed E-state index contributed by atoms with van der Waals surface area (Å²) in [4.78, 5) is 23.6. The van der Waals surface area contributed by atoms with Gasteiger partial charge in [0, 0.05) is 39.3 Å². The number of hydrogen-bond donors (Lipinski definition) is 0. The number of sulfonamides is 1. The number of carbonyl (C=O) groups is 2. The van der Waals surface area contributed by atoms with Crippen LogP contribution in [0.1, 0.15) is 34.6 Å². The summed E-state index contributed by atoms with van der Waals surface area (Å²) in [5.41, 5.74) is -0.273. The number of carbonyl (C=O) groups excluding carboxylic acids is 2. The molecule has 0 aliphatic carbocycles. The third-order valence-corrected chi connectivity index (χ3v) is 9.11. The van der Waals surface area contributed by atoms with Gasteiger partial charge in [0.25, 0.3) is 10.2 Å². The second kappa shape index (κ2) is 10.0. The van der Waals surface area contributed by atoms with Crippen LogP contribution in [0, 0.1) is 0 Å². The molecule has 0 unspecified atom stereocenters. The van der Waals surface area contributed by atoms with E-state index in [1.165, 1.54) is 20.7 Å². The highest BCUT2D eigenvalue weighted by Crippen LogP contribution is 2.25. The standard InChI is InChI=1S/C18H27N3O8S2/c1-5-19(6-2)31(26,27)21-11-9-20(10-12-21)30(24,25)16-13-14(17(22)28-3)7-8-15(16)18(23)29-4/h7-8,13H,5-6,9-12H2,1-4H3. The molecule has 0 radical (unpaired) electrons. The van der Waals surface area contributed by atoms with Gasteiger partial charge in [-0.15, -0.1) is 0 Å². The van der Waals surface area contributed by atoms with Crippen molar-refractivity contribution >= 4 is 32.2 Å². The second-order valence-corrected chi connectivity index (χ2v) is 10.4. The van der Waals surface area contributed by atoms with Gasteiger partial charge in [-0.25, -0.2) is 18.0 Å². The minimum absolute atomic E-state index is 0.0394. The molecule has 174 valence electrons. The first-order valence-electron chi connectivity index (χ1n) is 9.60. The highest BCUT2D eigenvalue weighted by molar-refractivity contribution is 7.89. The van der Waals surface area contributed by atoms with Gasteiger partial charge in [0.05, 0.1) is 30.2 Å². The quantitative estimate of drug-likeness (QED) is 0.484. The van der Waals surface area contributed by atoms with E-state index in [9.17, 15) is 26.4 Å². The van der Waals surface area contributed by atoms with Crippen molar-refractivity contribution < 1.29 is 35.9 Å². The molecule has 1 aromatic rings. The molecule has 31 heavy (non-hydrogen) atoms. The molecule has 1 saturated heterocycles. The fourth-order valence-electron chi connectivity index (χ4n) is 3.25.